The number of likely N-dealkylation sites (tertiary alicyclic amines) is 1. The summed E-state index contributed by atoms with van der Waals surface area (Å²) in [7, 11) is 0. The first kappa shape index (κ1) is 17.9. The van der Waals surface area contributed by atoms with Gasteiger partial charge < -0.3 is 24.6 Å². The van der Waals surface area contributed by atoms with E-state index in [9.17, 15) is 9.59 Å². The molecular weight excluding hydrogens is 346 g/mol. The molecule has 1 aromatic carbocycles. The SMILES string of the molecule is C[C@@H]1C[C@@H](C)CN(C(=O)N[C@@H]2CC(=O)N(c3ccc4c(c3)OCCO4)C2)C1. The molecule has 0 aliphatic carbocycles. The van der Waals surface area contributed by atoms with Crippen LogP contribution in [-0.4, -0.2) is 55.7 Å². The first-order chi connectivity index (χ1) is 13.0. The van der Waals surface area contributed by atoms with Crippen LogP contribution in [0.15, 0.2) is 18.2 Å². The van der Waals surface area contributed by atoms with Crippen molar-refractivity contribution in [1.29, 1.82) is 0 Å². The molecule has 7 heteroatoms. The molecule has 3 heterocycles. The van der Waals surface area contributed by atoms with Gasteiger partial charge in [-0.25, -0.2) is 4.79 Å². The average Bonchev–Trinajstić information content (AvgIpc) is 3.00. The molecule has 3 amide bonds. The summed E-state index contributed by atoms with van der Waals surface area (Å²) in [5.41, 5.74) is 0.779. The zero-order chi connectivity index (χ0) is 19.0. The molecular formula is C20H27N3O4. The van der Waals surface area contributed by atoms with Gasteiger partial charge in [-0.3, -0.25) is 4.79 Å². The van der Waals surface area contributed by atoms with Crippen LogP contribution in [0.1, 0.15) is 26.7 Å². The Kier molecular flexibility index (Phi) is 4.85. The van der Waals surface area contributed by atoms with E-state index in [2.05, 4.69) is 19.2 Å². The minimum atomic E-state index is -0.175. The molecule has 1 aromatic rings. The number of rotatable bonds is 2. The van der Waals surface area contributed by atoms with Crippen molar-refractivity contribution < 1.29 is 19.1 Å². The van der Waals surface area contributed by atoms with Crippen molar-refractivity contribution in [2.75, 3.05) is 37.7 Å². The van der Waals surface area contributed by atoms with Gasteiger partial charge in [-0.05, 0) is 30.4 Å². The number of nitrogens with zero attached hydrogens (tertiary/aromatic N) is 2. The van der Waals surface area contributed by atoms with E-state index in [1.807, 2.05) is 23.1 Å². The summed E-state index contributed by atoms with van der Waals surface area (Å²) >= 11 is 0. The van der Waals surface area contributed by atoms with E-state index in [0.717, 1.165) is 25.2 Å². The average molecular weight is 373 g/mol. The quantitative estimate of drug-likeness (QED) is 0.863. The summed E-state index contributed by atoms with van der Waals surface area (Å²) in [5.74, 6) is 2.40. The van der Waals surface area contributed by atoms with Crippen molar-refractivity contribution >= 4 is 17.6 Å². The van der Waals surface area contributed by atoms with Crippen molar-refractivity contribution in [3.05, 3.63) is 18.2 Å². The second-order valence-corrected chi connectivity index (χ2v) is 8.03. The highest BCUT2D eigenvalue weighted by molar-refractivity contribution is 5.97. The lowest BCUT2D eigenvalue weighted by atomic mass is 9.92. The smallest absolute Gasteiger partial charge is 0.317 e. The molecule has 0 bridgehead atoms. The van der Waals surface area contributed by atoms with Crippen LogP contribution in [0.5, 0.6) is 11.5 Å². The number of hydrogen-bond donors (Lipinski definition) is 1. The maximum absolute atomic E-state index is 12.6. The lowest BCUT2D eigenvalue weighted by molar-refractivity contribution is -0.117. The number of amides is 3. The minimum Gasteiger partial charge on any atom is -0.486 e. The van der Waals surface area contributed by atoms with E-state index in [4.69, 9.17) is 9.47 Å². The number of anilines is 1. The third kappa shape index (κ3) is 3.82. The van der Waals surface area contributed by atoms with Gasteiger partial charge in [-0.1, -0.05) is 13.8 Å². The molecule has 0 aromatic heterocycles. The second kappa shape index (κ2) is 7.29. The Bertz CT molecular complexity index is 728. The Morgan fingerprint density at radius 2 is 1.78 bits per heavy atom. The Morgan fingerprint density at radius 1 is 1.07 bits per heavy atom. The zero-order valence-corrected chi connectivity index (χ0v) is 15.9. The lowest BCUT2D eigenvalue weighted by Crippen LogP contribution is -2.50. The van der Waals surface area contributed by atoms with E-state index >= 15 is 0 Å². The zero-order valence-electron chi connectivity index (χ0n) is 15.9. The molecule has 27 heavy (non-hydrogen) atoms. The number of fused-ring (bicyclic) bond motifs is 1. The summed E-state index contributed by atoms with van der Waals surface area (Å²) in [6.07, 6.45) is 1.47. The number of ether oxygens (including phenoxy) is 2. The molecule has 2 fully saturated rings. The van der Waals surface area contributed by atoms with Gasteiger partial charge in [0.25, 0.3) is 0 Å². The summed E-state index contributed by atoms with van der Waals surface area (Å²) in [4.78, 5) is 28.7. The summed E-state index contributed by atoms with van der Waals surface area (Å²) in [6, 6.07) is 5.30. The molecule has 3 atom stereocenters. The number of urea groups is 1. The van der Waals surface area contributed by atoms with Crippen LogP contribution in [-0.2, 0) is 4.79 Å². The van der Waals surface area contributed by atoms with Crippen LogP contribution in [0.4, 0.5) is 10.5 Å². The van der Waals surface area contributed by atoms with E-state index in [0.29, 0.717) is 49.5 Å². The van der Waals surface area contributed by atoms with Crippen molar-refractivity contribution in [1.82, 2.24) is 10.2 Å². The van der Waals surface area contributed by atoms with Crippen LogP contribution in [0.25, 0.3) is 0 Å². The van der Waals surface area contributed by atoms with E-state index < -0.39 is 0 Å². The van der Waals surface area contributed by atoms with Crippen LogP contribution >= 0.6 is 0 Å². The standard InChI is InChI=1S/C20H27N3O4/c1-13-7-14(2)11-22(10-13)20(25)21-15-8-19(24)23(12-15)16-3-4-17-18(9-16)27-6-5-26-17/h3-4,9,13-15H,5-8,10-12H2,1-2H3,(H,21,25)/t13-,14-,15-/m1/s1. The fraction of sp³-hybridized carbons (Fsp3) is 0.600. The molecule has 0 radical (unpaired) electrons. The first-order valence-electron chi connectivity index (χ1n) is 9.75. The third-order valence-corrected chi connectivity index (χ3v) is 5.45. The predicted octanol–water partition coefficient (Wildman–Crippen LogP) is 2.25. The van der Waals surface area contributed by atoms with Crippen LogP contribution in [0, 0.1) is 11.8 Å². The molecule has 0 saturated carbocycles. The van der Waals surface area contributed by atoms with E-state index in [1.54, 1.807) is 4.90 Å². The van der Waals surface area contributed by atoms with Gasteiger partial charge in [-0.15, -0.1) is 0 Å². The maximum Gasteiger partial charge on any atom is 0.317 e. The van der Waals surface area contributed by atoms with Gasteiger partial charge in [0.1, 0.15) is 13.2 Å². The second-order valence-electron chi connectivity index (χ2n) is 8.03. The predicted molar refractivity (Wildman–Crippen MR) is 101 cm³/mol. The molecule has 3 aliphatic rings. The van der Waals surface area contributed by atoms with E-state index in [1.165, 1.54) is 0 Å². The molecule has 2 saturated heterocycles. The number of hydrogen-bond acceptors (Lipinski definition) is 4. The molecule has 7 nitrogen and oxygen atoms in total. The normalized spacial score (nSPS) is 27.6. The van der Waals surface area contributed by atoms with Crippen molar-refractivity contribution in [2.24, 2.45) is 11.8 Å². The van der Waals surface area contributed by atoms with Gasteiger partial charge >= 0.3 is 6.03 Å². The van der Waals surface area contributed by atoms with Crippen molar-refractivity contribution in [3.8, 4) is 11.5 Å². The maximum atomic E-state index is 12.6. The number of piperidine rings is 1. The molecule has 0 unspecified atom stereocenters. The Balaban J connectivity index is 1.40. The fourth-order valence-electron chi connectivity index (χ4n) is 4.35. The summed E-state index contributed by atoms with van der Waals surface area (Å²) in [5, 5.41) is 3.05. The largest absolute Gasteiger partial charge is 0.486 e. The molecule has 1 N–H and O–H groups in total. The highest BCUT2D eigenvalue weighted by Gasteiger charge is 2.34. The molecule has 0 spiro atoms. The van der Waals surface area contributed by atoms with Crippen molar-refractivity contribution in [3.63, 3.8) is 0 Å². The Hall–Kier alpha value is -2.44. The van der Waals surface area contributed by atoms with Gasteiger partial charge in [0.05, 0.1) is 6.04 Å². The lowest BCUT2D eigenvalue weighted by Gasteiger charge is -2.35. The minimum absolute atomic E-state index is 0.0114. The number of nitrogens with one attached hydrogen (secondary N) is 1. The molecule has 3 aliphatic heterocycles. The number of carbonyl (C=O) groups is 2. The Labute approximate surface area is 159 Å². The monoisotopic (exact) mass is 373 g/mol. The molecule has 146 valence electrons. The van der Waals surface area contributed by atoms with Gasteiger partial charge in [0, 0.05) is 37.8 Å². The fourth-order valence-corrected chi connectivity index (χ4v) is 4.35. The van der Waals surface area contributed by atoms with Gasteiger partial charge in [-0.2, -0.15) is 0 Å². The number of benzene rings is 1. The number of carbonyl (C=O) groups excluding carboxylic acids is 2. The van der Waals surface area contributed by atoms with Gasteiger partial charge in [0.2, 0.25) is 5.91 Å². The third-order valence-electron chi connectivity index (χ3n) is 5.45. The van der Waals surface area contributed by atoms with Crippen LogP contribution in [0.2, 0.25) is 0 Å². The van der Waals surface area contributed by atoms with Crippen LogP contribution < -0.4 is 19.7 Å². The van der Waals surface area contributed by atoms with Crippen LogP contribution in [0.3, 0.4) is 0 Å². The van der Waals surface area contributed by atoms with Gasteiger partial charge in [0.15, 0.2) is 11.5 Å². The summed E-state index contributed by atoms with van der Waals surface area (Å²) < 4.78 is 11.1. The first-order valence-corrected chi connectivity index (χ1v) is 9.75. The topological polar surface area (TPSA) is 71.1 Å². The molecule has 4 rings (SSSR count). The highest BCUT2D eigenvalue weighted by atomic mass is 16.6. The van der Waals surface area contributed by atoms with Crippen molar-refractivity contribution in [2.45, 2.75) is 32.7 Å². The highest BCUT2D eigenvalue weighted by Crippen LogP contribution is 2.35. The summed E-state index contributed by atoms with van der Waals surface area (Å²) in [6.45, 7) is 7.44. The van der Waals surface area contributed by atoms with E-state index in [-0.39, 0.29) is 18.0 Å². The Morgan fingerprint density at radius 3 is 2.52 bits per heavy atom.